The number of rotatable bonds is 4. The molecule has 0 aliphatic carbocycles. The van der Waals surface area contributed by atoms with Crippen LogP contribution in [0, 0.1) is 18.7 Å². The predicted molar refractivity (Wildman–Crippen MR) is 89.7 cm³/mol. The summed E-state index contributed by atoms with van der Waals surface area (Å²) in [5.74, 6) is -3.10. The predicted octanol–water partition coefficient (Wildman–Crippen LogP) is -0.0298. The van der Waals surface area contributed by atoms with Gasteiger partial charge in [0, 0.05) is 24.6 Å². The van der Waals surface area contributed by atoms with Crippen LogP contribution in [-0.4, -0.2) is 48.6 Å². The fourth-order valence-electron chi connectivity index (χ4n) is 3.12. The van der Waals surface area contributed by atoms with Crippen molar-refractivity contribution >= 4 is 23.4 Å². The Morgan fingerprint density at radius 1 is 1.44 bits per heavy atom. The van der Waals surface area contributed by atoms with Crippen LogP contribution in [0.15, 0.2) is 18.2 Å². The van der Waals surface area contributed by atoms with E-state index in [2.05, 4.69) is 5.32 Å². The number of aliphatic hydroxyl groups is 1. The van der Waals surface area contributed by atoms with E-state index < -0.39 is 40.0 Å². The first-order chi connectivity index (χ1) is 11.7. The van der Waals surface area contributed by atoms with E-state index in [1.807, 2.05) is 0 Å². The number of nitrogens with one attached hydrogen (secondary N) is 1. The van der Waals surface area contributed by atoms with E-state index in [0.717, 1.165) is 0 Å². The lowest BCUT2D eigenvalue weighted by Crippen LogP contribution is -2.59. The van der Waals surface area contributed by atoms with Crippen molar-refractivity contribution in [1.29, 1.82) is 0 Å². The quantitative estimate of drug-likeness (QED) is 0.522. The zero-order valence-electron chi connectivity index (χ0n) is 14.3. The van der Waals surface area contributed by atoms with Crippen LogP contribution in [0.1, 0.15) is 18.9 Å². The van der Waals surface area contributed by atoms with Crippen molar-refractivity contribution in [1.82, 2.24) is 9.80 Å². The molecule has 1 aromatic carbocycles. The molecule has 1 heterocycles. The average Bonchev–Trinajstić information content (AvgIpc) is 3.03. The Labute approximate surface area is 145 Å². The summed E-state index contributed by atoms with van der Waals surface area (Å²) in [5.41, 5.74) is 6.16. The Bertz CT molecular complexity index is 709. The van der Waals surface area contributed by atoms with Crippen molar-refractivity contribution in [3.63, 3.8) is 0 Å². The second-order valence-corrected chi connectivity index (χ2v) is 6.56. The largest absolute Gasteiger partial charge is 0.408 e. The number of hydrogen-bond donors (Lipinski definition) is 3. The Morgan fingerprint density at radius 3 is 2.64 bits per heavy atom. The summed E-state index contributed by atoms with van der Waals surface area (Å²) >= 11 is 0. The Hall–Kier alpha value is -2.32. The summed E-state index contributed by atoms with van der Waals surface area (Å²) in [4.78, 5) is 36.8. The van der Waals surface area contributed by atoms with Crippen LogP contribution in [0.3, 0.4) is 0 Å². The van der Waals surface area contributed by atoms with Gasteiger partial charge in [-0.05, 0) is 25.5 Å². The molecule has 0 aromatic heterocycles. The van der Waals surface area contributed by atoms with Gasteiger partial charge in [0.15, 0.2) is 0 Å². The van der Waals surface area contributed by atoms with Gasteiger partial charge < -0.3 is 16.2 Å². The monoisotopic (exact) mass is 352 g/mol. The first-order valence-electron chi connectivity index (χ1n) is 8.10. The number of likely N-dealkylation sites (tertiary alicyclic amines) is 1. The molecular weight excluding hydrogens is 329 g/mol. The molecule has 3 amide bonds. The van der Waals surface area contributed by atoms with Crippen molar-refractivity contribution < 1.29 is 23.9 Å². The molecule has 0 saturated carbocycles. The number of amides is 3. The standard InChI is InChI=1S/C17H22FN3O4/c1-10-7-13(3-4-14(10)18)21(6-5-12(8-21)15(19)23)17(25)16(24)20-11(2)9-22/h3-4,7,11-12,22H,5-6,8-9H2,1-2H3,(H2-,19,20,23,24)/p+1/t11-,12?,21?/m1/s1. The third kappa shape index (κ3) is 3.69. The molecule has 4 N–H and O–H groups in total. The number of benzene rings is 1. The maximum absolute atomic E-state index is 13.6. The van der Waals surface area contributed by atoms with Crippen LogP contribution in [0.4, 0.5) is 10.1 Å². The molecule has 136 valence electrons. The summed E-state index contributed by atoms with van der Waals surface area (Å²) in [5, 5.41) is 11.5. The van der Waals surface area contributed by atoms with Gasteiger partial charge in [-0.15, -0.1) is 0 Å². The van der Waals surface area contributed by atoms with Crippen LogP contribution < -0.4 is 15.5 Å². The molecule has 1 fully saturated rings. The van der Waals surface area contributed by atoms with Crippen LogP contribution >= 0.6 is 0 Å². The van der Waals surface area contributed by atoms with E-state index >= 15 is 0 Å². The summed E-state index contributed by atoms with van der Waals surface area (Å²) < 4.78 is 13.2. The first kappa shape index (κ1) is 19.0. The fourth-order valence-corrected chi connectivity index (χ4v) is 3.12. The molecule has 7 nitrogen and oxygen atoms in total. The molecule has 25 heavy (non-hydrogen) atoms. The van der Waals surface area contributed by atoms with E-state index in [9.17, 15) is 18.8 Å². The number of primary amides is 1. The van der Waals surface area contributed by atoms with E-state index in [-0.39, 0.29) is 19.7 Å². The molecule has 8 heteroatoms. The highest BCUT2D eigenvalue weighted by Gasteiger charge is 2.51. The van der Waals surface area contributed by atoms with Crippen LogP contribution in [0.25, 0.3) is 0 Å². The number of aryl methyl sites for hydroxylation is 1. The van der Waals surface area contributed by atoms with E-state index in [0.29, 0.717) is 17.7 Å². The molecule has 1 aliphatic rings. The van der Waals surface area contributed by atoms with E-state index in [1.165, 1.54) is 18.2 Å². The number of carbonyl (C=O) groups excluding carboxylic acids is 3. The zero-order valence-corrected chi connectivity index (χ0v) is 14.3. The van der Waals surface area contributed by atoms with Gasteiger partial charge in [-0.3, -0.25) is 9.59 Å². The number of halogens is 1. The summed E-state index contributed by atoms with van der Waals surface area (Å²) in [6.45, 7) is 3.10. The van der Waals surface area contributed by atoms with Gasteiger partial charge in [-0.1, -0.05) is 0 Å². The maximum atomic E-state index is 13.6. The number of nitrogens with zero attached hydrogens (tertiary/aromatic N) is 1. The fraction of sp³-hybridized carbons (Fsp3) is 0.471. The minimum Gasteiger partial charge on any atom is -0.394 e. The van der Waals surface area contributed by atoms with Gasteiger partial charge in [0.05, 0.1) is 19.1 Å². The molecule has 0 spiro atoms. The summed E-state index contributed by atoms with van der Waals surface area (Å²) in [6.07, 6.45) is 0.361. The average molecular weight is 352 g/mol. The van der Waals surface area contributed by atoms with Crippen molar-refractivity contribution in [2.45, 2.75) is 26.3 Å². The summed E-state index contributed by atoms with van der Waals surface area (Å²) in [6, 6.07) is 3.62. The van der Waals surface area contributed by atoms with Crippen molar-refractivity contribution in [3.05, 3.63) is 29.6 Å². The van der Waals surface area contributed by atoms with Gasteiger partial charge in [0.2, 0.25) is 5.91 Å². The molecule has 1 saturated heterocycles. The third-order valence-electron chi connectivity index (χ3n) is 4.66. The number of aliphatic hydroxyl groups excluding tert-OH is 1. The lowest BCUT2D eigenvalue weighted by Gasteiger charge is -2.31. The molecule has 0 bridgehead atoms. The normalized spacial score (nSPS) is 23.9. The van der Waals surface area contributed by atoms with Gasteiger partial charge in [0.1, 0.15) is 18.0 Å². The van der Waals surface area contributed by atoms with Gasteiger partial charge in [0.25, 0.3) is 0 Å². The van der Waals surface area contributed by atoms with Crippen LogP contribution in [0.2, 0.25) is 0 Å². The number of nitrogens with two attached hydrogens (primary N) is 1. The maximum Gasteiger partial charge on any atom is 0.408 e. The van der Waals surface area contributed by atoms with Gasteiger partial charge in [-0.25, -0.2) is 13.7 Å². The van der Waals surface area contributed by atoms with Crippen molar-refractivity contribution in [2.75, 3.05) is 19.7 Å². The first-order valence-corrected chi connectivity index (χ1v) is 8.10. The highest BCUT2D eigenvalue weighted by atomic mass is 19.1. The summed E-state index contributed by atoms with van der Waals surface area (Å²) in [7, 11) is 0. The topological polar surface area (TPSA) is 109 Å². The smallest absolute Gasteiger partial charge is 0.394 e. The number of carbonyl (C=O) groups is 3. The van der Waals surface area contributed by atoms with E-state index in [1.54, 1.807) is 13.8 Å². The highest BCUT2D eigenvalue weighted by molar-refractivity contribution is 6.38. The Morgan fingerprint density at radius 2 is 2.12 bits per heavy atom. The lowest BCUT2D eigenvalue weighted by molar-refractivity contribution is -0.145. The third-order valence-corrected chi connectivity index (χ3v) is 4.66. The zero-order chi connectivity index (χ0) is 18.8. The molecule has 0 radical (unpaired) electrons. The van der Waals surface area contributed by atoms with E-state index in [4.69, 9.17) is 10.8 Å². The van der Waals surface area contributed by atoms with Gasteiger partial charge in [-0.2, -0.15) is 0 Å². The lowest BCUT2D eigenvalue weighted by atomic mass is 10.1. The number of hydrogen-bond acceptors (Lipinski definition) is 4. The number of quaternary nitrogens is 1. The molecule has 1 aliphatic heterocycles. The molecular formula is C17H23FN3O4+. The van der Waals surface area contributed by atoms with Crippen LogP contribution in [0.5, 0.6) is 0 Å². The molecule has 3 atom stereocenters. The Kier molecular flexibility index (Phi) is 5.54. The van der Waals surface area contributed by atoms with Crippen molar-refractivity contribution in [2.24, 2.45) is 11.7 Å². The van der Waals surface area contributed by atoms with Crippen LogP contribution in [-0.2, 0) is 14.4 Å². The Balaban J connectivity index is 2.43. The molecule has 2 unspecified atom stereocenters. The molecule has 1 aromatic rings. The van der Waals surface area contributed by atoms with Crippen molar-refractivity contribution in [3.8, 4) is 0 Å². The van der Waals surface area contributed by atoms with Gasteiger partial charge >= 0.3 is 11.8 Å². The second kappa shape index (κ2) is 7.28. The highest BCUT2D eigenvalue weighted by Crippen LogP contribution is 2.34. The minimum atomic E-state index is -0.853. The SMILES string of the molecule is Cc1cc([N+]2(C(=O)C(=O)N[C@H](C)CO)CCC(C(N)=O)C2)ccc1F. The molecule has 2 rings (SSSR count). The minimum absolute atomic E-state index is 0.0557. The second-order valence-electron chi connectivity index (χ2n) is 6.56.